The van der Waals surface area contributed by atoms with Crippen LogP contribution in [0.1, 0.15) is 31.2 Å². The summed E-state index contributed by atoms with van der Waals surface area (Å²) < 4.78 is 40.2. The van der Waals surface area contributed by atoms with E-state index in [0.29, 0.717) is 25.0 Å². The molecule has 0 aromatic heterocycles. The number of benzene rings is 1. The standard InChI is InChI=1S/C13H12F3NO/c14-8-5-9(15)11(10(16)6-8)13(3-4-13)17-12(18)7-1-2-7/h5-7H,1-4H2,(H,17,18). The van der Waals surface area contributed by atoms with Crippen LogP contribution in [0.2, 0.25) is 0 Å². The van der Waals surface area contributed by atoms with Crippen LogP contribution in [0.15, 0.2) is 12.1 Å². The Morgan fingerprint density at radius 1 is 1.17 bits per heavy atom. The molecular formula is C13H12F3NO. The number of nitrogens with one attached hydrogen (secondary N) is 1. The van der Waals surface area contributed by atoms with E-state index in [2.05, 4.69) is 5.32 Å². The highest BCUT2D eigenvalue weighted by molar-refractivity contribution is 5.82. The van der Waals surface area contributed by atoms with Gasteiger partial charge in [-0.3, -0.25) is 4.79 Å². The molecule has 96 valence electrons. The minimum Gasteiger partial charge on any atom is -0.346 e. The molecule has 0 radical (unpaired) electrons. The van der Waals surface area contributed by atoms with Gasteiger partial charge in [-0.05, 0) is 25.7 Å². The van der Waals surface area contributed by atoms with Crippen LogP contribution in [0, 0.1) is 23.4 Å². The van der Waals surface area contributed by atoms with Crippen molar-refractivity contribution in [2.24, 2.45) is 5.92 Å². The average molecular weight is 255 g/mol. The van der Waals surface area contributed by atoms with Crippen molar-refractivity contribution in [3.8, 4) is 0 Å². The molecule has 3 rings (SSSR count). The molecule has 18 heavy (non-hydrogen) atoms. The van der Waals surface area contributed by atoms with Crippen LogP contribution >= 0.6 is 0 Å². The first-order valence-electron chi connectivity index (χ1n) is 5.99. The summed E-state index contributed by atoms with van der Waals surface area (Å²) in [6, 6.07) is 1.31. The molecule has 2 aliphatic rings. The van der Waals surface area contributed by atoms with E-state index in [1.165, 1.54) is 0 Å². The van der Waals surface area contributed by atoms with Crippen molar-refractivity contribution >= 4 is 5.91 Å². The highest BCUT2D eigenvalue weighted by Crippen LogP contribution is 2.48. The Morgan fingerprint density at radius 2 is 1.72 bits per heavy atom. The number of carbonyl (C=O) groups is 1. The highest BCUT2D eigenvalue weighted by Gasteiger charge is 2.50. The molecule has 0 heterocycles. The van der Waals surface area contributed by atoms with Crippen molar-refractivity contribution in [3.05, 3.63) is 35.1 Å². The van der Waals surface area contributed by atoms with Crippen LogP contribution in [0.4, 0.5) is 13.2 Å². The van der Waals surface area contributed by atoms with Gasteiger partial charge in [0.05, 0.1) is 5.54 Å². The van der Waals surface area contributed by atoms with Gasteiger partial charge in [0, 0.05) is 23.6 Å². The van der Waals surface area contributed by atoms with Crippen LogP contribution in [0.3, 0.4) is 0 Å². The van der Waals surface area contributed by atoms with Crippen LogP contribution in [0.5, 0.6) is 0 Å². The van der Waals surface area contributed by atoms with Crippen LogP contribution < -0.4 is 5.32 Å². The topological polar surface area (TPSA) is 29.1 Å². The third-order valence-corrected chi connectivity index (χ3v) is 3.55. The van der Waals surface area contributed by atoms with E-state index in [9.17, 15) is 18.0 Å². The number of halogens is 3. The predicted octanol–water partition coefficient (Wildman–Crippen LogP) is 2.62. The monoisotopic (exact) mass is 255 g/mol. The second-order valence-electron chi connectivity index (χ2n) is 5.09. The second-order valence-corrected chi connectivity index (χ2v) is 5.09. The van der Waals surface area contributed by atoms with Gasteiger partial charge in [-0.25, -0.2) is 13.2 Å². The van der Waals surface area contributed by atoms with Gasteiger partial charge in [0.2, 0.25) is 5.91 Å². The normalized spacial score (nSPS) is 20.6. The SMILES string of the molecule is O=C(NC1(c2c(F)cc(F)cc2F)CC1)C1CC1. The van der Waals surface area contributed by atoms with E-state index in [1.54, 1.807) is 0 Å². The number of hydrogen-bond donors (Lipinski definition) is 1. The van der Waals surface area contributed by atoms with E-state index in [4.69, 9.17) is 0 Å². The number of rotatable bonds is 3. The molecule has 0 unspecified atom stereocenters. The van der Waals surface area contributed by atoms with E-state index in [0.717, 1.165) is 12.8 Å². The molecule has 0 atom stereocenters. The Labute approximate surface area is 102 Å². The first-order chi connectivity index (χ1) is 8.52. The van der Waals surface area contributed by atoms with Gasteiger partial charge in [0.15, 0.2) is 0 Å². The maximum absolute atomic E-state index is 13.7. The summed E-state index contributed by atoms with van der Waals surface area (Å²) in [6.45, 7) is 0. The lowest BCUT2D eigenvalue weighted by atomic mass is 10.0. The molecule has 2 fully saturated rings. The molecule has 2 saturated carbocycles. The first kappa shape index (κ1) is 11.6. The molecule has 1 aromatic rings. The number of amides is 1. The lowest BCUT2D eigenvalue weighted by molar-refractivity contribution is -0.123. The zero-order chi connectivity index (χ0) is 12.9. The van der Waals surface area contributed by atoms with Gasteiger partial charge in [0.1, 0.15) is 17.5 Å². The van der Waals surface area contributed by atoms with E-state index < -0.39 is 23.0 Å². The third kappa shape index (κ3) is 1.87. The fraction of sp³-hybridized carbons (Fsp3) is 0.462. The molecule has 1 N–H and O–H groups in total. The van der Waals surface area contributed by atoms with Gasteiger partial charge >= 0.3 is 0 Å². The quantitative estimate of drug-likeness (QED) is 0.883. The first-order valence-corrected chi connectivity index (χ1v) is 5.99. The van der Waals surface area contributed by atoms with Crippen LogP contribution in [-0.4, -0.2) is 5.91 Å². The second kappa shape index (κ2) is 3.73. The maximum atomic E-state index is 13.7. The third-order valence-electron chi connectivity index (χ3n) is 3.55. The van der Waals surface area contributed by atoms with Crippen molar-refractivity contribution in [2.75, 3.05) is 0 Å². The zero-order valence-electron chi connectivity index (χ0n) is 9.60. The smallest absolute Gasteiger partial charge is 0.223 e. The highest BCUT2D eigenvalue weighted by atomic mass is 19.1. The fourth-order valence-electron chi connectivity index (χ4n) is 2.25. The summed E-state index contributed by atoms with van der Waals surface area (Å²) in [5.74, 6) is -2.98. The van der Waals surface area contributed by atoms with Gasteiger partial charge in [-0.1, -0.05) is 0 Å². The molecule has 5 heteroatoms. The molecule has 1 aromatic carbocycles. The lowest BCUT2D eigenvalue weighted by Gasteiger charge is -2.19. The van der Waals surface area contributed by atoms with E-state index >= 15 is 0 Å². The van der Waals surface area contributed by atoms with Crippen LogP contribution in [-0.2, 0) is 10.3 Å². The molecule has 1 amide bonds. The summed E-state index contributed by atoms with van der Waals surface area (Å²) in [5, 5.41) is 2.71. The molecular weight excluding hydrogens is 243 g/mol. The Balaban J connectivity index is 1.91. The molecule has 0 aliphatic heterocycles. The minimum atomic E-state index is -0.957. The molecule has 2 nitrogen and oxygen atoms in total. The summed E-state index contributed by atoms with van der Waals surface area (Å²) in [5.41, 5.74) is -1.17. The average Bonchev–Trinajstić information content (AvgIpc) is 3.09. The fourth-order valence-corrected chi connectivity index (χ4v) is 2.25. The molecule has 0 saturated heterocycles. The van der Waals surface area contributed by atoms with Crippen LogP contribution in [0.25, 0.3) is 0 Å². The van der Waals surface area contributed by atoms with Crippen molar-refractivity contribution in [2.45, 2.75) is 31.2 Å². The van der Waals surface area contributed by atoms with Gasteiger partial charge in [0.25, 0.3) is 0 Å². The lowest BCUT2D eigenvalue weighted by Crippen LogP contribution is -2.37. The van der Waals surface area contributed by atoms with E-state index in [-0.39, 0.29) is 17.4 Å². The minimum absolute atomic E-state index is 0.0194. The summed E-state index contributed by atoms with van der Waals surface area (Å²) in [4.78, 5) is 11.7. The number of carbonyl (C=O) groups excluding carboxylic acids is 1. The Morgan fingerprint density at radius 3 is 2.17 bits per heavy atom. The maximum Gasteiger partial charge on any atom is 0.223 e. The Hall–Kier alpha value is -1.52. The molecule has 0 spiro atoms. The molecule has 0 bridgehead atoms. The van der Waals surface area contributed by atoms with Crippen molar-refractivity contribution in [1.29, 1.82) is 0 Å². The van der Waals surface area contributed by atoms with Crippen molar-refractivity contribution in [3.63, 3.8) is 0 Å². The molecule has 2 aliphatic carbocycles. The van der Waals surface area contributed by atoms with Gasteiger partial charge < -0.3 is 5.32 Å². The zero-order valence-corrected chi connectivity index (χ0v) is 9.60. The van der Waals surface area contributed by atoms with Crippen molar-refractivity contribution in [1.82, 2.24) is 5.32 Å². The summed E-state index contributed by atoms with van der Waals surface area (Å²) >= 11 is 0. The largest absolute Gasteiger partial charge is 0.346 e. The summed E-state index contributed by atoms with van der Waals surface area (Å²) in [7, 11) is 0. The predicted molar refractivity (Wildman–Crippen MR) is 58.1 cm³/mol. The van der Waals surface area contributed by atoms with Crippen molar-refractivity contribution < 1.29 is 18.0 Å². The number of hydrogen-bond acceptors (Lipinski definition) is 1. The summed E-state index contributed by atoms with van der Waals surface area (Å²) in [6.07, 6.45) is 2.64. The van der Waals surface area contributed by atoms with Gasteiger partial charge in [-0.2, -0.15) is 0 Å². The Kier molecular flexibility index (Phi) is 2.40. The van der Waals surface area contributed by atoms with E-state index in [1.807, 2.05) is 0 Å². The Bertz CT molecular complexity index is 498. The van der Waals surface area contributed by atoms with Gasteiger partial charge in [-0.15, -0.1) is 0 Å².